The predicted molar refractivity (Wildman–Crippen MR) is 93.1 cm³/mol. The van der Waals surface area contributed by atoms with Crippen LogP contribution in [0.2, 0.25) is 0 Å². The number of nitrogens with one attached hydrogen (secondary N) is 1. The first kappa shape index (κ1) is 16.7. The van der Waals surface area contributed by atoms with Gasteiger partial charge in [0.25, 0.3) is 5.69 Å². The molecule has 0 aliphatic carbocycles. The van der Waals surface area contributed by atoms with Crippen LogP contribution in [-0.2, 0) is 0 Å². The van der Waals surface area contributed by atoms with Crippen LogP contribution in [0.5, 0.6) is 0 Å². The Morgan fingerprint density at radius 1 is 1.16 bits per heavy atom. The number of hydrogen-bond donors (Lipinski definition) is 2. The largest absolute Gasteiger partial charge is 0.467 e. The van der Waals surface area contributed by atoms with Crippen molar-refractivity contribution in [3.8, 4) is 11.3 Å². The van der Waals surface area contributed by atoms with Crippen LogP contribution in [0.15, 0.2) is 65.3 Å². The number of aromatic nitrogens is 1. The van der Waals surface area contributed by atoms with Crippen LogP contribution in [-0.4, -0.2) is 21.6 Å². The monoisotopic (exact) mass is 339 g/mol. The second kappa shape index (κ2) is 7.59. The van der Waals surface area contributed by atoms with Gasteiger partial charge in [-0.1, -0.05) is 30.3 Å². The van der Waals surface area contributed by atoms with Crippen molar-refractivity contribution in [1.29, 1.82) is 0 Å². The molecule has 7 heteroatoms. The minimum atomic E-state index is -0.448. The Kier molecular flexibility index (Phi) is 5.06. The predicted octanol–water partition coefficient (Wildman–Crippen LogP) is 3.79. The van der Waals surface area contributed by atoms with Crippen LogP contribution >= 0.6 is 0 Å². The molecule has 0 radical (unpaired) electrons. The average Bonchev–Trinajstić information content (AvgIpc) is 3.16. The molecule has 3 rings (SSSR count). The summed E-state index contributed by atoms with van der Waals surface area (Å²) in [5.74, 6) is 1.13. The number of nitro groups is 1. The molecular weight excluding hydrogens is 322 g/mol. The van der Waals surface area contributed by atoms with Crippen LogP contribution < -0.4 is 5.32 Å². The third-order valence-electron chi connectivity index (χ3n) is 3.74. The van der Waals surface area contributed by atoms with Crippen molar-refractivity contribution < 1.29 is 14.4 Å². The molecule has 0 bridgehead atoms. The summed E-state index contributed by atoms with van der Waals surface area (Å²) < 4.78 is 5.39. The molecule has 1 unspecified atom stereocenters. The third-order valence-corrected chi connectivity index (χ3v) is 3.74. The second-order valence-corrected chi connectivity index (χ2v) is 5.41. The third kappa shape index (κ3) is 3.84. The lowest BCUT2D eigenvalue weighted by atomic mass is 10.1. The van der Waals surface area contributed by atoms with E-state index in [-0.39, 0.29) is 24.0 Å². The van der Waals surface area contributed by atoms with Gasteiger partial charge in [0.1, 0.15) is 11.6 Å². The summed E-state index contributed by atoms with van der Waals surface area (Å²) in [6, 6.07) is 15.3. The fourth-order valence-electron chi connectivity index (χ4n) is 2.57. The van der Waals surface area contributed by atoms with Crippen LogP contribution in [0.3, 0.4) is 0 Å². The lowest BCUT2D eigenvalue weighted by Crippen LogP contribution is -2.13. The molecule has 2 aromatic heterocycles. The first-order valence-electron chi connectivity index (χ1n) is 7.80. The molecule has 128 valence electrons. The van der Waals surface area contributed by atoms with Gasteiger partial charge in [0.05, 0.1) is 17.2 Å². The highest BCUT2D eigenvalue weighted by atomic mass is 16.6. The van der Waals surface area contributed by atoms with Crippen molar-refractivity contribution in [2.75, 3.05) is 11.9 Å². The number of pyridine rings is 1. The number of hydrogen-bond acceptors (Lipinski definition) is 6. The van der Waals surface area contributed by atoms with Gasteiger partial charge in [0.15, 0.2) is 5.69 Å². The Labute approximate surface area is 144 Å². The number of anilines is 1. The number of furan rings is 1. The topological polar surface area (TPSA) is 101 Å². The fourth-order valence-corrected chi connectivity index (χ4v) is 2.57. The summed E-state index contributed by atoms with van der Waals surface area (Å²) in [7, 11) is 0. The van der Waals surface area contributed by atoms with Gasteiger partial charge in [-0.05, 0) is 24.6 Å². The van der Waals surface area contributed by atoms with Crippen molar-refractivity contribution in [3.05, 3.63) is 76.7 Å². The van der Waals surface area contributed by atoms with E-state index < -0.39 is 4.92 Å². The molecule has 1 atom stereocenters. The molecule has 0 saturated heterocycles. The maximum absolute atomic E-state index is 11.3. The number of aliphatic hydroxyl groups excluding tert-OH is 1. The molecule has 0 saturated carbocycles. The zero-order chi connectivity index (χ0) is 17.6. The highest BCUT2D eigenvalue weighted by molar-refractivity contribution is 5.71. The van der Waals surface area contributed by atoms with Gasteiger partial charge >= 0.3 is 0 Å². The first-order chi connectivity index (χ1) is 12.2. The molecule has 7 nitrogen and oxygen atoms in total. The highest BCUT2D eigenvalue weighted by Crippen LogP contribution is 2.30. The second-order valence-electron chi connectivity index (χ2n) is 5.41. The number of benzene rings is 1. The van der Waals surface area contributed by atoms with Crippen molar-refractivity contribution in [3.63, 3.8) is 0 Å². The Hall–Kier alpha value is -3.19. The van der Waals surface area contributed by atoms with Crippen LogP contribution in [0.25, 0.3) is 11.3 Å². The van der Waals surface area contributed by atoms with E-state index >= 15 is 0 Å². The van der Waals surface area contributed by atoms with E-state index in [0.29, 0.717) is 23.6 Å². The molecule has 0 aliphatic rings. The van der Waals surface area contributed by atoms with Gasteiger partial charge in [-0.15, -0.1) is 0 Å². The molecule has 0 amide bonds. The van der Waals surface area contributed by atoms with E-state index in [1.165, 1.54) is 6.07 Å². The number of rotatable bonds is 7. The van der Waals surface area contributed by atoms with Crippen LogP contribution in [0, 0.1) is 10.1 Å². The van der Waals surface area contributed by atoms with E-state index in [1.807, 2.05) is 6.07 Å². The minimum absolute atomic E-state index is 0.0309. The standard InChI is InChI=1S/C18H17N3O4/c22-11-10-14(16-7-4-12-25-16)19-17-9-8-15(21(23)24)18(20-17)13-5-2-1-3-6-13/h1-9,12,14,22H,10-11H2,(H,19,20). The molecular formula is C18H17N3O4. The van der Waals surface area contributed by atoms with Crippen molar-refractivity contribution in [2.24, 2.45) is 0 Å². The van der Waals surface area contributed by atoms with Crippen LogP contribution in [0.1, 0.15) is 18.2 Å². The molecule has 2 N–H and O–H groups in total. The maximum atomic E-state index is 11.3. The lowest BCUT2D eigenvalue weighted by Gasteiger charge is -2.16. The lowest BCUT2D eigenvalue weighted by molar-refractivity contribution is -0.384. The van der Waals surface area contributed by atoms with Crippen molar-refractivity contribution in [1.82, 2.24) is 4.98 Å². The average molecular weight is 339 g/mol. The van der Waals surface area contributed by atoms with Crippen molar-refractivity contribution in [2.45, 2.75) is 12.5 Å². The minimum Gasteiger partial charge on any atom is -0.467 e. The normalized spacial score (nSPS) is 11.9. The summed E-state index contributed by atoms with van der Waals surface area (Å²) >= 11 is 0. The highest BCUT2D eigenvalue weighted by Gasteiger charge is 2.20. The summed E-state index contributed by atoms with van der Waals surface area (Å²) in [5.41, 5.74) is 0.890. The van der Waals surface area contributed by atoms with E-state index in [4.69, 9.17) is 4.42 Å². The zero-order valence-corrected chi connectivity index (χ0v) is 13.3. The first-order valence-corrected chi connectivity index (χ1v) is 7.80. The fraction of sp³-hybridized carbons (Fsp3) is 0.167. The Balaban J connectivity index is 1.96. The van der Waals surface area contributed by atoms with Gasteiger partial charge in [-0.3, -0.25) is 10.1 Å². The van der Waals surface area contributed by atoms with Crippen LogP contribution in [0.4, 0.5) is 11.5 Å². The summed E-state index contributed by atoms with van der Waals surface area (Å²) in [6.45, 7) is -0.0309. The van der Waals surface area contributed by atoms with Gasteiger partial charge in [-0.2, -0.15) is 0 Å². The molecule has 2 heterocycles. The van der Waals surface area contributed by atoms with E-state index in [2.05, 4.69) is 10.3 Å². The zero-order valence-electron chi connectivity index (χ0n) is 13.3. The Morgan fingerprint density at radius 3 is 2.60 bits per heavy atom. The summed E-state index contributed by atoms with van der Waals surface area (Å²) in [4.78, 5) is 15.3. The smallest absolute Gasteiger partial charge is 0.295 e. The van der Waals surface area contributed by atoms with Crippen molar-refractivity contribution >= 4 is 11.5 Å². The number of nitrogens with zero attached hydrogens (tertiary/aromatic N) is 2. The van der Waals surface area contributed by atoms with E-state index in [1.54, 1.807) is 48.7 Å². The summed E-state index contributed by atoms with van der Waals surface area (Å²) in [6.07, 6.45) is 1.98. The Morgan fingerprint density at radius 2 is 1.96 bits per heavy atom. The molecule has 0 aliphatic heterocycles. The summed E-state index contributed by atoms with van der Waals surface area (Å²) in [5, 5.41) is 23.8. The SMILES string of the molecule is O=[N+]([O-])c1ccc(NC(CCO)c2ccco2)nc1-c1ccccc1. The van der Waals surface area contributed by atoms with Gasteiger partial charge in [0, 0.05) is 18.2 Å². The number of aliphatic hydroxyl groups is 1. The van der Waals surface area contributed by atoms with E-state index in [0.717, 1.165) is 0 Å². The van der Waals surface area contributed by atoms with Gasteiger partial charge in [0.2, 0.25) is 0 Å². The quantitative estimate of drug-likeness (QED) is 0.502. The van der Waals surface area contributed by atoms with Gasteiger partial charge < -0.3 is 14.8 Å². The molecule has 3 aromatic rings. The Bertz CT molecular complexity index is 835. The molecule has 0 fully saturated rings. The maximum Gasteiger partial charge on any atom is 0.295 e. The molecule has 25 heavy (non-hydrogen) atoms. The molecule has 1 aromatic carbocycles. The molecule has 0 spiro atoms. The van der Waals surface area contributed by atoms with Gasteiger partial charge in [-0.25, -0.2) is 4.98 Å². The van der Waals surface area contributed by atoms with E-state index in [9.17, 15) is 15.2 Å².